The van der Waals surface area contributed by atoms with Gasteiger partial charge in [0.2, 0.25) is 5.91 Å². The highest BCUT2D eigenvalue weighted by molar-refractivity contribution is 7.99. The number of carbonyl (C=O) groups excluding carboxylic acids is 2. The number of hydrogen-bond acceptors (Lipinski definition) is 4. The van der Waals surface area contributed by atoms with Crippen LogP contribution in [0.4, 0.5) is 5.69 Å². The first-order valence-corrected chi connectivity index (χ1v) is 6.46. The Morgan fingerprint density at radius 3 is 2.59 bits per heavy atom. The van der Waals surface area contributed by atoms with E-state index in [1.54, 1.807) is 0 Å². The van der Waals surface area contributed by atoms with E-state index in [1.165, 1.54) is 11.8 Å². The Bertz CT molecular complexity index is 367. The first-order chi connectivity index (χ1) is 8.18. The van der Waals surface area contributed by atoms with Gasteiger partial charge in [0.25, 0.3) is 0 Å². The highest BCUT2D eigenvalue weighted by Crippen LogP contribution is 2.08. The predicted molar refractivity (Wildman–Crippen MR) is 66.6 cm³/mol. The molecule has 0 atom stereocenters. The molecule has 0 fully saturated rings. The van der Waals surface area contributed by atoms with E-state index in [4.69, 9.17) is 0 Å². The number of nitrogens with one attached hydrogen (secondary N) is 1. The fourth-order valence-corrected chi connectivity index (χ4v) is 1.95. The van der Waals surface area contributed by atoms with Gasteiger partial charge in [-0.3, -0.25) is 4.79 Å². The molecule has 0 aliphatic rings. The molecular weight excluding hydrogens is 238 g/mol. The molecule has 5 heteroatoms. The molecule has 0 aromatic heterocycles. The first-order valence-electron chi connectivity index (χ1n) is 5.31. The molecule has 0 bridgehead atoms. The molecular formula is C12H14NO3S-. The highest BCUT2D eigenvalue weighted by atomic mass is 32.2. The molecule has 0 aliphatic carbocycles. The summed E-state index contributed by atoms with van der Waals surface area (Å²) >= 11 is 1.42. The SMILES string of the molecule is O=C([O-])CCCSCC(=O)Nc1ccccc1. The Balaban J connectivity index is 2.12. The van der Waals surface area contributed by atoms with Gasteiger partial charge in [0, 0.05) is 11.7 Å². The predicted octanol–water partition coefficient (Wildman–Crippen LogP) is 0.888. The third kappa shape index (κ3) is 6.63. The number of carbonyl (C=O) groups is 2. The Morgan fingerprint density at radius 2 is 1.94 bits per heavy atom. The number of rotatable bonds is 7. The molecule has 0 heterocycles. The van der Waals surface area contributed by atoms with Crippen LogP contribution in [0.25, 0.3) is 0 Å². The largest absolute Gasteiger partial charge is 0.550 e. The zero-order chi connectivity index (χ0) is 12.5. The molecule has 1 N–H and O–H groups in total. The van der Waals surface area contributed by atoms with Crippen molar-refractivity contribution in [1.29, 1.82) is 0 Å². The second kappa shape index (κ2) is 7.73. The van der Waals surface area contributed by atoms with Gasteiger partial charge in [0.1, 0.15) is 0 Å². The molecule has 1 amide bonds. The molecule has 1 aromatic carbocycles. The van der Waals surface area contributed by atoms with Crippen molar-refractivity contribution < 1.29 is 14.7 Å². The van der Waals surface area contributed by atoms with Gasteiger partial charge >= 0.3 is 0 Å². The van der Waals surface area contributed by atoms with Gasteiger partial charge in [-0.1, -0.05) is 18.2 Å². The smallest absolute Gasteiger partial charge is 0.234 e. The lowest BCUT2D eigenvalue weighted by atomic mass is 10.3. The van der Waals surface area contributed by atoms with Crippen LogP contribution in [0, 0.1) is 0 Å². The maximum atomic E-state index is 11.4. The average Bonchev–Trinajstić information content (AvgIpc) is 2.29. The van der Waals surface area contributed by atoms with Gasteiger partial charge < -0.3 is 15.2 Å². The number of amides is 1. The molecule has 92 valence electrons. The Morgan fingerprint density at radius 1 is 1.24 bits per heavy atom. The van der Waals surface area contributed by atoms with Gasteiger partial charge in [-0.2, -0.15) is 11.8 Å². The molecule has 0 aliphatic heterocycles. The van der Waals surface area contributed by atoms with Gasteiger partial charge in [0.05, 0.1) is 5.75 Å². The minimum Gasteiger partial charge on any atom is -0.550 e. The van der Waals surface area contributed by atoms with Crippen molar-refractivity contribution in [3.05, 3.63) is 30.3 Å². The summed E-state index contributed by atoms with van der Waals surface area (Å²) in [5, 5.41) is 12.9. The Hall–Kier alpha value is -1.49. The second-order valence-electron chi connectivity index (χ2n) is 3.44. The average molecular weight is 252 g/mol. The monoisotopic (exact) mass is 252 g/mol. The van der Waals surface area contributed by atoms with Gasteiger partial charge in [-0.25, -0.2) is 0 Å². The summed E-state index contributed by atoms with van der Waals surface area (Å²) in [6.07, 6.45) is 0.582. The van der Waals surface area contributed by atoms with Crippen molar-refractivity contribution in [3.63, 3.8) is 0 Å². The van der Waals surface area contributed by atoms with Gasteiger partial charge in [-0.05, 0) is 30.7 Å². The van der Waals surface area contributed by atoms with Gasteiger partial charge in [0.15, 0.2) is 0 Å². The lowest BCUT2D eigenvalue weighted by Gasteiger charge is -2.05. The number of aliphatic carboxylic acids is 1. The highest BCUT2D eigenvalue weighted by Gasteiger charge is 2.01. The molecule has 0 saturated heterocycles. The van der Waals surface area contributed by atoms with Crippen LogP contribution in [0.5, 0.6) is 0 Å². The first kappa shape index (κ1) is 13.6. The Kier molecular flexibility index (Phi) is 6.17. The van der Waals surface area contributed by atoms with Crippen LogP contribution in [0.3, 0.4) is 0 Å². The van der Waals surface area contributed by atoms with E-state index in [0.717, 1.165) is 5.69 Å². The number of carboxylic acid groups (broad SMARTS) is 1. The van der Waals surface area contributed by atoms with E-state index in [0.29, 0.717) is 17.9 Å². The van der Waals surface area contributed by atoms with Crippen molar-refractivity contribution in [1.82, 2.24) is 0 Å². The van der Waals surface area contributed by atoms with Crippen LogP contribution < -0.4 is 10.4 Å². The standard InChI is InChI=1S/C12H15NO3S/c14-11(9-17-8-4-7-12(15)16)13-10-5-2-1-3-6-10/h1-3,5-6H,4,7-9H2,(H,13,14)(H,15,16)/p-1. The van der Waals surface area contributed by atoms with Crippen LogP contribution in [-0.4, -0.2) is 23.4 Å². The van der Waals surface area contributed by atoms with E-state index in [1.807, 2.05) is 30.3 Å². The lowest BCUT2D eigenvalue weighted by Crippen LogP contribution is -2.21. The quantitative estimate of drug-likeness (QED) is 0.732. The number of anilines is 1. The normalized spacial score (nSPS) is 9.88. The minimum absolute atomic E-state index is 0.0489. The van der Waals surface area contributed by atoms with Crippen molar-refractivity contribution in [2.24, 2.45) is 0 Å². The molecule has 4 nitrogen and oxygen atoms in total. The summed E-state index contributed by atoms with van der Waals surface area (Å²) in [6.45, 7) is 0. The van der Waals surface area contributed by atoms with Crippen LogP contribution in [0.15, 0.2) is 30.3 Å². The summed E-state index contributed by atoms with van der Waals surface area (Å²) in [4.78, 5) is 21.6. The van der Waals surface area contributed by atoms with E-state index < -0.39 is 5.97 Å². The maximum absolute atomic E-state index is 11.4. The fraction of sp³-hybridized carbons (Fsp3) is 0.333. The van der Waals surface area contributed by atoms with Gasteiger partial charge in [-0.15, -0.1) is 0 Å². The number of carboxylic acids is 1. The third-order valence-electron chi connectivity index (χ3n) is 1.96. The summed E-state index contributed by atoms with van der Waals surface area (Å²) in [5.74, 6) is -0.132. The third-order valence-corrected chi connectivity index (χ3v) is 3.00. The van der Waals surface area contributed by atoms with Crippen LogP contribution >= 0.6 is 11.8 Å². The van der Waals surface area contributed by atoms with E-state index in [-0.39, 0.29) is 12.3 Å². The van der Waals surface area contributed by atoms with E-state index in [2.05, 4.69) is 5.32 Å². The van der Waals surface area contributed by atoms with Crippen molar-refractivity contribution in [3.8, 4) is 0 Å². The maximum Gasteiger partial charge on any atom is 0.234 e. The zero-order valence-corrected chi connectivity index (χ0v) is 10.2. The minimum atomic E-state index is -1.04. The second-order valence-corrected chi connectivity index (χ2v) is 4.55. The number of para-hydroxylation sites is 1. The van der Waals surface area contributed by atoms with E-state index >= 15 is 0 Å². The fourth-order valence-electron chi connectivity index (χ4n) is 1.20. The molecule has 1 rings (SSSR count). The molecule has 0 unspecified atom stereocenters. The van der Waals surface area contributed by atoms with Crippen LogP contribution in [0.2, 0.25) is 0 Å². The van der Waals surface area contributed by atoms with Crippen molar-refractivity contribution in [2.45, 2.75) is 12.8 Å². The molecule has 17 heavy (non-hydrogen) atoms. The molecule has 1 aromatic rings. The summed E-state index contributed by atoms with van der Waals surface area (Å²) in [6, 6.07) is 9.22. The van der Waals surface area contributed by atoms with Crippen molar-refractivity contribution >= 4 is 29.3 Å². The topological polar surface area (TPSA) is 69.2 Å². The molecule has 0 spiro atoms. The number of benzene rings is 1. The number of thioether (sulfide) groups is 1. The zero-order valence-electron chi connectivity index (χ0n) is 9.35. The number of hydrogen-bond donors (Lipinski definition) is 1. The molecule has 0 radical (unpaired) electrons. The lowest BCUT2D eigenvalue weighted by molar-refractivity contribution is -0.305. The van der Waals surface area contributed by atoms with Crippen LogP contribution in [-0.2, 0) is 9.59 Å². The summed E-state index contributed by atoms with van der Waals surface area (Å²) < 4.78 is 0. The molecule has 0 saturated carbocycles. The summed E-state index contributed by atoms with van der Waals surface area (Å²) in [5.41, 5.74) is 0.771. The van der Waals surface area contributed by atoms with Crippen LogP contribution in [0.1, 0.15) is 12.8 Å². The Labute approximate surface area is 104 Å². The van der Waals surface area contributed by atoms with E-state index in [9.17, 15) is 14.7 Å². The van der Waals surface area contributed by atoms with Crippen molar-refractivity contribution in [2.75, 3.05) is 16.8 Å². The summed E-state index contributed by atoms with van der Waals surface area (Å²) in [7, 11) is 0.